The smallest absolute Gasteiger partial charge is 0.269 e. The molecule has 0 saturated carbocycles. The van der Waals surface area contributed by atoms with Gasteiger partial charge in [0.25, 0.3) is 11.6 Å². The van der Waals surface area contributed by atoms with Crippen LogP contribution in [0.4, 0.5) is 15.8 Å². The van der Waals surface area contributed by atoms with Gasteiger partial charge in [-0.25, -0.2) is 4.39 Å². The molecule has 0 aliphatic carbocycles. The Morgan fingerprint density at radius 2 is 1.65 bits per heavy atom. The molecule has 3 aromatic carbocycles. The average molecular weight is 464 g/mol. The van der Waals surface area contributed by atoms with Crippen molar-refractivity contribution in [1.29, 1.82) is 0 Å². The summed E-state index contributed by atoms with van der Waals surface area (Å²) in [7, 11) is 1.58. The number of amides is 1. The number of non-ortho nitro benzene ring substituents is 1. The minimum atomic E-state index is -0.404. The van der Waals surface area contributed by atoms with Crippen LogP contribution in [-0.2, 0) is 6.54 Å². The monoisotopic (exact) mass is 463 g/mol. The van der Waals surface area contributed by atoms with E-state index in [-0.39, 0.29) is 23.5 Å². The summed E-state index contributed by atoms with van der Waals surface area (Å²) in [6, 6.07) is 19.6. The molecule has 34 heavy (non-hydrogen) atoms. The summed E-state index contributed by atoms with van der Waals surface area (Å²) >= 11 is 0. The fraction of sp³-hybridized carbons (Fsp3) is 0.269. The van der Waals surface area contributed by atoms with E-state index in [0.717, 1.165) is 31.5 Å². The number of ether oxygens (including phenoxy) is 1. The Kier molecular flexibility index (Phi) is 7.18. The highest BCUT2D eigenvalue weighted by molar-refractivity contribution is 6.06. The Morgan fingerprint density at radius 3 is 2.21 bits per heavy atom. The highest BCUT2D eigenvalue weighted by atomic mass is 19.1. The SMILES string of the molecule is COc1ccc(C(=O)N(c2ccc(F)cc2)C2CCN(Cc3ccc([N+](=O)[O-])cc3)CC2)cc1. The van der Waals surface area contributed by atoms with Gasteiger partial charge in [-0.15, -0.1) is 0 Å². The molecule has 0 radical (unpaired) electrons. The lowest BCUT2D eigenvalue weighted by Crippen LogP contribution is -2.47. The van der Waals surface area contributed by atoms with Crippen molar-refractivity contribution in [2.75, 3.05) is 25.1 Å². The van der Waals surface area contributed by atoms with E-state index >= 15 is 0 Å². The molecule has 1 saturated heterocycles. The minimum Gasteiger partial charge on any atom is -0.497 e. The van der Waals surface area contributed by atoms with Crippen molar-refractivity contribution in [1.82, 2.24) is 4.90 Å². The van der Waals surface area contributed by atoms with Gasteiger partial charge in [0.1, 0.15) is 11.6 Å². The Bertz CT molecular complexity index is 1130. The lowest BCUT2D eigenvalue weighted by molar-refractivity contribution is -0.384. The lowest BCUT2D eigenvalue weighted by Gasteiger charge is -2.38. The standard InChI is InChI=1S/C26H26FN3O4/c1-34-25-12-4-20(5-13-25)26(31)29(22-10-6-21(27)7-11-22)23-14-16-28(17-15-23)18-19-2-8-24(9-3-19)30(32)33/h2-13,23H,14-18H2,1H3. The maximum atomic E-state index is 13.6. The number of hydrogen-bond acceptors (Lipinski definition) is 5. The van der Waals surface area contributed by atoms with Gasteiger partial charge in [-0.1, -0.05) is 12.1 Å². The molecule has 7 nitrogen and oxygen atoms in total. The molecular formula is C26H26FN3O4. The number of nitro groups is 1. The maximum Gasteiger partial charge on any atom is 0.269 e. The summed E-state index contributed by atoms with van der Waals surface area (Å²) in [5, 5.41) is 10.9. The molecule has 176 valence electrons. The molecule has 3 aromatic rings. The molecule has 0 aromatic heterocycles. The predicted molar refractivity (Wildman–Crippen MR) is 128 cm³/mol. The van der Waals surface area contributed by atoms with Crippen LogP contribution in [0.2, 0.25) is 0 Å². The van der Waals surface area contributed by atoms with Gasteiger partial charge in [-0.3, -0.25) is 19.8 Å². The van der Waals surface area contributed by atoms with E-state index < -0.39 is 4.92 Å². The molecule has 1 aliphatic heterocycles. The summed E-state index contributed by atoms with van der Waals surface area (Å²) < 4.78 is 18.8. The molecule has 0 bridgehead atoms. The molecule has 8 heteroatoms. The molecular weight excluding hydrogens is 437 g/mol. The van der Waals surface area contributed by atoms with Crippen LogP contribution in [0.1, 0.15) is 28.8 Å². The third kappa shape index (κ3) is 5.40. The van der Waals surface area contributed by atoms with Gasteiger partial charge in [-0.2, -0.15) is 0 Å². The summed E-state index contributed by atoms with van der Waals surface area (Å²) in [6.45, 7) is 2.23. The third-order valence-corrected chi connectivity index (χ3v) is 6.14. The quantitative estimate of drug-likeness (QED) is 0.362. The average Bonchev–Trinajstić information content (AvgIpc) is 2.86. The van der Waals surface area contributed by atoms with E-state index in [2.05, 4.69) is 4.90 Å². The fourth-order valence-electron chi connectivity index (χ4n) is 4.29. The molecule has 0 spiro atoms. The van der Waals surface area contributed by atoms with Crippen molar-refractivity contribution in [3.63, 3.8) is 0 Å². The second kappa shape index (κ2) is 10.4. The van der Waals surface area contributed by atoms with Crippen LogP contribution in [0.5, 0.6) is 5.75 Å². The van der Waals surface area contributed by atoms with Crippen LogP contribution in [0.3, 0.4) is 0 Å². The fourth-order valence-corrected chi connectivity index (χ4v) is 4.29. The van der Waals surface area contributed by atoms with Crippen LogP contribution in [-0.4, -0.2) is 42.0 Å². The van der Waals surface area contributed by atoms with E-state index in [0.29, 0.717) is 23.5 Å². The predicted octanol–water partition coefficient (Wildman–Crippen LogP) is 5.05. The highest BCUT2D eigenvalue weighted by Crippen LogP contribution is 2.27. The number of hydrogen-bond donors (Lipinski definition) is 0. The first-order valence-electron chi connectivity index (χ1n) is 11.1. The normalized spacial score (nSPS) is 14.5. The van der Waals surface area contributed by atoms with Gasteiger partial charge < -0.3 is 9.64 Å². The van der Waals surface area contributed by atoms with Crippen molar-refractivity contribution in [2.45, 2.75) is 25.4 Å². The van der Waals surface area contributed by atoms with E-state index in [1.54, 1.807) is 60.5 Å². The largest absolute Gasteiger partial charge is 0.497 e. The molecule has 0 N–H and O–H groups in total. The van der Waals surface area contributed by atoms with E-state index in [9.17, 15) is 19.3 Å². The Hall–Kier alpha value is -3.78. The lowest BCUT2D eigenvalue weighted by atomic mass is 10.00. The molecule has 1 aliphatic rings. The molecule has 0 atom stereocenters. The van der Waals surface area contributed by atoms with Gasteiger partial charge in [0.2, 0.25) is 0 Å². The van der Waals surface area contributed by atoms with Crippen molar-refractivity contribution in [2.24, 2.45) is 0 Å². The van der Waals surface area contributed by atoms with E-state index in [1.165, 1.54) is 24.3 Å². The number of carbonyl (C=O) groups is 1. The minimum absolute atomic E-state index is 0.0341. The van der Waals surface area contributed by atoms with Crippen LogP contribution in [0, 0.1) is 15.9 Å². The van der Waals surface area contributed by atoms with Gasteiger partial charge in [-0.05, 0) is 66.9 Å². The first kappa shape index (κ1) is 23.4. The summed E-state index contributed by atoms with van der Waals surface area (Å²) in [5.74, 6) is 0.186. The van der Waals surface area contributed by atoms with Crippen LogP contribution >= 0.6 is 0 Å². The zero-order chi connectivity index (χ0) is 24.1. The zero-order valence-electron chi connectivity index (χ0n) is 18.9. The number of halogens is 1. The number of piperidine rings is 1. The van der Waals surface area contributed by atoms with Crippen molar-refractivity contribution < 1.29 is 18.8 Å². The summed E-state index contributed by atoms with van der Waals surface area (Å²) in [4.78, 5) is 28.0. The number of rotatable bonds is 7. The summed E-state index contributed by atoms with van der Waals surface area (Å²) in [5.41, 5.74) is 2.29. The number of nitrogens with zero attached hydrogens (tertiary/aromatic N) is 3. The molecule has 1 heterocycles. The van der Waals surface area contributed by atoms with Crippen molar-refractivity contribution in [3.8, 4) is 5.75 Å². The van der Waals surface area contributed by atoms with Gasteiger partial charge in [0, 0.05) is 49.1 Å². The Labute approximate surface area is 197 Å². The first-order chi connectivity index (χ1) is 16.4. The number of anilines is 1. The molecule has 1 amide bonds. The summed E-state index contributed by atoms with van der Waals surface area (Å²) in [6.07, 6.45) is 1.51. The van der Waals surface area contributed by atoms with Gasteiger partial charge in [0.15, 0.2) is 0 Å². The van der Waals surface area contributed by atoms with Crippen molar-refractivity contribution in [3.05, 3.63) is 99.9 Å². The number of carbonyl (C=O) groups excluding carboxylic acids is 1. The number of nitro benzene ring substituents is 1. The second-order valence-electron chi connectivity index (χ2n) is 8.31. The van der Waals surface area contributed by atoms with E-state index in [4.69, 9.17) is 4.74 Å². The van der Waals surface area contributed by atoms with Crippen LogP contribution in [0.15, 0.2) is 72.8 Å². The first-order valence-corrected chi connectivity index (χ1v) is 11.1. The zero-order valence-corrected chi connectivity index (χ0v) is 18.9. The van der Waals surface area contributed by atoms with Crippen LogP contribution < -0.4 is 9.64 Å². The topological polar surface area (TPSA) is 75.9 Å². The number of methoxy groups -OCH3 is 1. The Balaban J connectivity index is 1.48. The van der Waals surface area contributed by atoms with E-state index in [1.807, 2.05) is 0 Å². The van der Waals surface area contributed by atoms with Crippen LogP contribution in [0.25, 0.3) is 0 Å². The molecule has 0 unspecified atom stereocenters. The van der Waals surface area contributed by atoms with Gasteiger partial charge in [0.05, 0.1) is 12.0 Å². The number of likely N-dealkylation sites (tertiary alicyclic amines) is 1. The van der Waals surface area contributed by atoms with Crippen molar-refractivity contribution >= 4 is 17.3 Å². The number of benzene rings is 3. The maximum absolute atomic E-state index is 13.6. The second-order valence-corrected chi connectivity index (χ2v) is 8.31. The highest BCUT2D eigenvalue weighted by Gasteiger charge is 2.30. The third-order valence-electron chi connectivity index (χ3n) is 6.14. The Morgan fingerprint density at radius 1 is 1.03 bits per heavy atom. The molecule has 4 rings (SSSR count). The molecule has 1 fully saturated rings. The van der Waals surface area contributed by atoms with Gasteiger partial charge >= 0.3 is 0 Å².